The van der Waals surface area contributed by atoms with Gasteiger partial charge in [-0.25, -0.2) is 0 Å². The summed E-state index contributed by atoms with van der Waals surface area (Å²) < 4.78 is 9.84. The van der Waals surface area contributed by atoms with Crippen molar-refractivity contribution in [2.75, 3.05) is 7.11 Å². The Morgan fingerprint density at radius 1 is 0.783 bits per heavy atom. The molecule has 0 radical (unpaired) electrons. The molecule has 0 saturated carbocycles. The average molecular weight is 519 g/mol. The molecule has 3 aromatic rings. The predicted molar refractivity (Wildman–Crippen MR) is 100 cm³/mol. The summed E-state index contributed by atoms with van der Waals surface area (Å²) in [7, 11) is 1.75. The number of methoxy groups -OCH3 is 1. The van der Waals surface area contributed by atoms with Crippen molar-refractivity contribution in [1.82, 2.24) is 0 Å². The summed E-state index contributed by atoms with van der Waals surface area (Å²) in [4.78, 5) is 0. The molecule has 0 aliphatic carbocycles. The van der Waals surface area contributed by atoms with E-state index in [1.54, 1.807) is 7.11 Å². The summed E-state index contributed by atoms with van der Waals surface area (Å²) in [5, 5.41) is 0.779. The molecule has 0 amide bonds. The average Bonchev–Trinajstić information content (AvgIpc) is 2.59. The third kappa shape index (κ3) is 3.76. The van der Waals surface area contributed by atoms with Crippen molar-refractivity contribution in [1.29, 1.82) is 0 Å². The minimum absolute atomic E-state index is 0.779. The standard InChI is InChI=1S/C7H7O.C7H7.C6H4Cl.Bi/c1-8-7-5-3-2-4-6-7;1-7-5-3-2-4-6-7;7-6-4-2-1-3-5-6;/h2-5H,1H3;3-6H,1H3;2-5H;. The van der Waals surface area contributed by atoms with Gasteiger partial charge in [0.25, 0.3) is 0 Å². The molecule has 0 spiro atoms. The van der Waals surface area contributed by atoms with Crippen LogP contribution in [0.5, 0.6) is 5.75 Å². The Morgan fingerprint density at radius 3 is 1.96 bits per heavy atom. The second-order valence-corrected chi connectivity index (χ2v) is 14.3. The first-order valence-corrected chi connectivity index (χ1v) is 13.0. The molecule has 1 nitrogen and oxygen atoms in total. The fourth-order valence-corrected chi connectivity index (χ4v) is 11.9. The van der Waals surface area contributed by atoms with E-state index in [-0.39, 0.29) is 0 Å². The molecule has 23 heavy (non-hydrogen) atoms. The Labute approximate surface area is 150 Å². The van der Waals surface area contributed by atoms with Crippen LogP contribution in [0, 0.1) is 6.92 Å². The Kier molecular flexibility index (Phi) is 5.35. The molecule has 0 aliphatic heterocycles. The molecule has 3 rings (SSSR count). The van der Waals surface area contributed by atoms with E-state index in [2.05, 4.69) is 61.5 Å². The number of ether oxygens (including phenoxy) is 1. The van der Waals surface area contributed by atoms with Crippen LogP contribution in [0.4, 0.5) is 0 Å². The first-order valence-electron chi connectivity index (χ1n) is 7.44. The number of aryl methyl sites for hydroxylation is 1. The van der Waals surface area contributed by atoms with Gasteiger partial charge >= 0.3 is 151 Å². The van der Waals surface area contributed by atoms with Gasteiger partial charge in [0.2, 0.25) is 0 Å². The molecule has 0 fully saturated rings. The molecule has 0 aromatic heterocycles. The van der Waals surface area contributed by atoms with Crippen LogP contribution in [0.3, 0.4) is 0 Å². The van der Waals surface area contributed by atoms with E-state index in [1.165, 1.54) is 15.4 Å². The fourth-order valence-electron chi connectivity index (χ4n) is 2.53. The first kappa shape index (κ1) is 16.5. The van der Waals surface area contributed by atoms with Crippen molar-refractivity contribution in [3.05, 3.63) is 83.4 Å². The zero-order valence-electron chi connectivity index (χ0n) is 13.2. The zero-order chi connectivity index (χ0) is 16.2. The molecule has 0 N–H and O–H groups in total. The van der Waals surface area contributed by atoms with Gasteiger partial charge < -0.3 is 0 Å². The predicted octanol–water partition coefficient (Wildman–Crippen LogP) is 3.17. The Morgan fingerprint density at radius 2 is 1.35 bits per heavy atom. The summed E-state index contributed by atoms with van der Waals surface area (Å²) in [5.74, 6) is 0.987. The van der Waals surface area contributed by atoms with Crippen LogP contribution >= 0.6 is 11.6 Å². The number of para-hydroxylation sites is 1. The minimum atomic E-state index is -2.39. The molecule has 0 unspecified atom stereocenters. The van der Waals surface area contributed by atoms with Crippen LogP contribution in [0.25, 0.3) is 0 Å². The monoisotopic (exact) mass is 518 g/mol. The second-order valence-electron chi connectivity index (χ2n) is 5.32. The molecule has 116 valence electrons. The first-order chi connectivity index (χ1) is 11.2. The second kappa shape index (κ2) is 7.47. The fraction of sp³-hybridized carbons (Fsp3) is 0.100. The Bertz CT molecular complexity index is 736. The zero-order valence-corrected chi connectivity index (χ0v) is 17.4. The topological polar surface area (TPSA) is 9.23 Å². The van der Waals surface area contributed by atoms with Crippen molar-refractivity contribution >= 4 is 43.2 Å². The van der Waals surface area contributed by atoms with Gasteiger partial charge in [-0.15, -0.1) is 0 Å². The Hall–Kier alpha value is -1.37. The van der Waals surface area contributed by atoms with E-state index in [0.29, 0.717) is 0 Å². The van der Waals surface area contributed by atoms with E-state index in [0.717, 1.165) is 10.8 Å². The van der Waals surface area contributed by atoms with E-state index in [9.17, 15) is 0 Å². The van der Waals surface area contributed by atoms with Crippen LogP contribution in [-0.2, 0) is 0 Å². The molecule has 0 saturated heterocycles. The van der Waals surface area contributed by atoms with Crippen LogP contribution in [0.15, 0.2) is 72.8 Å². The van der Waals surface area contributed by atoms with Gasteiger partial charge in [0, 0.05) is 0 Å². The molecule has 3 heteroatoms. The quantitative estimate of drug-likeness (QED) is 0.482. The maximum absolute atomic E-state index is 6.09. The summed E-state index contributed by atoms with van der Waals surface area (Å²) in [6.07, 6.45) is 0. The van der Waals surface area contributed by atoms with Crippen molar-refractivity contribution in [2.24, 2.45) is 0 Å². The van der Waals surface area contributed by atoms with Crippen molar-refractivity contribution < 1.29 is 4.74 Å². The van der Waals surface area contributed by atoms with Crippen LogP contribution in [0.1, 0.15) is 5.56 Å². The third-order valence-corrected chi connectivity index (χ3v) is 13.6. The number of benzene rings is 3. The van der Waals surface area contributed by atoms with Gasteiger partial charge in [0.1, 0.15) is 0 Å². The molecule has 3 aromatic carbocycles. The summed E-state index contributed by atoms with van der Waals surface area (Å²) in [5.41, 5.74) is 1.29. The van der Waals surface area contributed by atoms with E-state index < -0.39 is 21.8 Å². The molecule has 0 heterocycles. The van der Waals surface area contributed by atoms with Crippen molar-refractivity contribution in [3.8, 4) is 5.75 Å². The third-order valence-electron chi connectivity index (χ3n) is 3.70. The molecule has 0 bridgehead atoms. The van der Waals surface area contributed by atoms with Crippen molar-refractivity contribution in [2.45, 2.75) is 6.92 Å². The number of hydrogen-bond acceptors (Lipinski definition) is 1. The van der Waals surface area contributed by atoms with Gasteiger partial charge in [-0.05, 0) is 0 Å². The maximum atomic E-state index is 6.09. The molecular formula is C20H18BiClO. The van der Waals surface area contributed by atoms with Crippen LogP contribution in [-0.4, -0.2) is 28.9 Å². The van der Waals surface area contributed by atoms with E-state index in [4.69, 9.17) is 16.3 Å². The van der Waals surface area contributed by atoms with Crippen LogP contribution in [0.2, 0.25) is 5.02 Å². The van der Waals surface area contributed by atoms with Gasteiger partial charge in [0.05, 0.1) is 0 Å². The Balaban J connectivity index is 2.17. The van der Waals surface area contributed by atoms with Crippen LogP contribution < -0.4 is 14.6 Å². The number of halogens is 1. The molecule has 0 aliphatic rings. The summed E-state index contributed by atoms with van der Waals surface area (Å²) >= 11 is 3.70. The number of rotatable bonds is 4. The van der Waals surface area contributed by atoms with Gasteiger partial charge in [-0.1, -0.05) is 0 Å². The van der Waals surface area contributed by atoms with E-state index in [1.807, 2.05) is 18.2 Å². The van der Waals surface area contributed by atoms with Gasteiger partial charge in [-0.3, -0.25) is 0 Å². The van der Waals surface area contributed by atoms with E-state index >= 15 is 0 Å². The normalized spacial score (nSPS) is 10.8. The van der Waals surface area contributed by atoms with Gasteiger partial charge in [0.15, 0.2) is 0 Å². The number of hydrogen-bond donors (Lipinski definition) is 0. The van der Waals surface area contributed by atoms with Gasteiger partial charge in [-0.2, -0.15) is 0 Å². The SMILES string of the molecule is COc1cccc[c]1[Bi]([c]1ccc(C)cc1)[c]1ccc(Cl)cc1. The molecule has 0 atom stereocenters. The molecular weight excluding hydrogens is 501 g/mol. The summed E-state index contributed by atoms with van der Waals surface area (Å²) in [6, 6.07) is 25.7. The van der Waals surface area contributed by atoms with Crippen molar-refractivity contribution in [3.63, 3.8) is 0 Å². The summed E-state index contributed by atoms with van der Waals surface area (Å²) in [6.45, 7) is 2.12.